The van der Waals surface area contributed by atoms with Crippen molar-refractivity contribution in [2.75, 3.05) is 32.8 Å². The second-order valence-electron chi connectivity index (χ2n) is 7.70. The average molecular weight is 416 g/mol. The van der Waals surface area contributed by atoms with Crippen LogP contribution in [0.3, 0.4) is 0 Å². The number of ether oxygens (including phenoxy) is 2. The summed E-state index contributed by atoms with van der Waals surface area (Å²) < 4.78 is 11.5. The van der Waals surface area contributed by atoms with Crippen LogP contribution in [0.4, 0.5) is 0 Å². The molecule has 1 saturated heterocycles. The number of carbonyl (C=O) groups is 1. The highest BCUT2D eigenvalue weighted by Crippen LogP contribution is 2.34. The van der Waals surface area contributed by atoms with Crippen molar-refractivity contribution in [1.82, 2.24) is 14.8 Å². The number of fused-ring (bicyclic) bond motifs is 1. The summed E-state index contributed by atoms with van der Waals surface area (Å²) in [7, 11) is 0. The molecule has 1 amide bonds. The van der Waals surface area contributed by atoms with Crippen LogP contribution in [0.1, 0.15) is 36.0 Å². The molecule has 2 aromatic rings. The van der Waals surface area contributed by atoms with E-state index in [4.69, 9.17) is 9.47 Å². The molecule has 6 nitrogen and oxygen atoms in total. The van der Waals surface area contributed by atoms with Gasteiger partial charge < -0.3 is 14.4 Å². The fourth-order valence-electron chi connectivity index (χ4n) is 4.12. The van der Waals surface area contributed by atoms with E-state index in [-0.39, 0.29) is 11.8 Å². The fourth-order valence-corrected chi connectivity index (χ4v) is 4.72. The summed E-state index contributed by atoms with van der Waals surface area (Å²) in [5, 5.41) is 3.25. The number of carbonyl (C=O) groups excluding carboxylic acids is 1. The molecule has 4 rings (SSSR count). The normalized spacial score (nSPS) is 17.3. The third-order valence-electron chi connectivity index (χ3n) is 5.69. The van der Waals surface area contributed by atoms with Crippen molar-refractivity contribution >= 4 is 17.2 Å². The van der Waals surface area contributed by atoms with Gasteiger partial charge in [-0.25, -0.2) is 4.98 Å². The summed E-state index contributed by atoms with van der Waals surface area (Å²) in [4.78, 5) is 22.1. The Kier molecular flexibility index (Phi) is 6.35. The lowest BCUT2D eigenvalue weighted by Gasteiger charge is -2.34. The molecule has 1 aromatic heterocycles. The van der Waals surface area contributed by atoms with Gasteiger partial charge in [-0.05, 0) is 45.8 Å². The Hall–Kier alpha value is -2.12. The van der Waals surface area contributed by atoms with Gasteiger partial charge in [0.1, 0.15) is 13.2 Å². The van der Waals surface area contributed by atoms with E-state index in [0.717, 1.165) is 60.2 Å². The van der Waals surface area contributed by atoms with Crippen LogP contribution < -0.4 is 9.47 Å². The maximum atomic E-state index is 13.2. The van der Waals surface area contributed by atoms with Crippen LogP contribution in [0.15, 0.2) is 23.6 Å². The molecule has 2 aliphatic heterocycles. The number of piperidine rings is 1. The summed E-state index contributed by atoms with van der Waals surface area (Å²) >= 11 is 1.70. The number of hydrogen-bond acceptors (Lipinski definition) is 6. The van der Waals surface area contributed by atoms with Gasteiger partial charge in [-0.3, -0.25) is 9.69 Å². The Morgan fingerprint density at radius 1 is 1.28 bits per heavy atom. The second kappa shape index (κ2) is 9.13. The minimum Gasteiger partial charge on any atom is -0.486 e. The first-order chi connectivity index (χ1) is 14.1. The van der Waals surface area contributed by atoms with Gasteiger partial charge in [0.15, 0.2) is 11.5 Å². The van der Waals surface area contributed by atoms with Crippen LogP contribution in [0.2, 0.25) is 0 Å². The van der Waals surface area contributed by atoms with Gasteiger partial charge >= 0.3 is 0 Å². The molecule has 0 N–H and O–H groups in total. The monoisotopic (exact) mass is 415 g/mol. The molecule has 7 heteroatoms. The van der Waals surface area contributed by atoms with E-state index >= 15 is 0 Å². The van der Waals surface area contributed by atoms with Crippen molar-refractivity contribution in [1.29, 1.82) is 0 Å². The SMILES string of the molecule is CCN(Cc1cccc2c1OCCO2)C(=O)C1CCN(Cc2csc(C)n2)CC1. The molecule has 156 valence electrons. The van der Waals surface area contributed by atoms with Gasteiger partial charge in [-0.15, -0.1) is 11.3 Å². The number of para-hydroxylation sites is 1. The Morgan fingerprint density at radius 3 is 2.79 bits per heavy atom. The third-order valence-corrected chi connectivity index (χ3v) is 6.51. The molecule has 1 aromatic carbocycles. The number of likely N-dealkylation sites (tertiary alicyclic amines) is 1. The number of hydrogen-bond donors (Lipinski definition) is 0. The van der Waals surface area contributed by atoms with Crippen molar-refractivity contribution in [3.8, 4) is 11.5 Å². The van der Waals surface area contributed by atoms with Gasteiger partial charge in [0.05, 0.1) is 10.7 Å². The summed E-state index contributed by atoms with van der Waals surface area (Å²) in [5.74, 6) is 1.92. The van der Waals surface area contributed by atoms with Crippen LogP contribution >= 0.6 is 11.3 Å². The molecule has 0 aliphatic carbocycles. The fraction of sp³-hybridized carbons (Fsp3) is 0.545. The molecule has 3 heterocycles. The lowest BCUT2D eigenvalue weighted by atomic mass is 9.95. The lowest BCUT2D eigenvalue weighted by molar-refractivity contribution is -0.137. The first kappa shape index (κ1) is 20.2. The topological polar surface area (TPSA) is 54.9 Å². The molecule has 0 radical (unpaired) electrons. The van der Waals surface area contributed by atoms with Crippen molar-refractivity contribution in [3.05, 3.63) is 39.8 Å². The Bertz CT molecular complexity index is 846. The Labute approximate surface area is 176 Å². The van der Waals surface area contributed by atoms with E-state index in [1.807, 2.05) is 36.9 Å². The molecule has 29 heavy (non-hydrogen) atoms. The number of nitrogens with zero attached hydrogens (tertiary/aromatic N) is 3. The van der Waals surface area contributed by atoms with E-state index < -0.39 is 0 Å². The number of thiazole rings is 1. The second-order valence-corrected chi connectivity index (χ2v) is 8.76. The van der Waals surface area contributed by atoms with Crippen LogP contribution in [0.5, 0.6) is 11.5 Å². The lowest BCUT2D eigenvalue weighted by Crippen LogP contribution is -2.42. The molecule has 1 fully saturated rings. The van der Waals surface area contributed by atoms with Gasteiger partial charge in [0.25, 0.3) is 0 Å². The zero-order valence-corrected chi connectivity index (χ0v) is 18.0. The largest absolute Gasteiger partial charge is 0.486 e. The zero-order chi connectivity index (χ0) is 20.2. The Balaban J connectivity index is 1.35. The maximum Gasteiger partial charge on any atom is 0.226 e. The molecule has 0 bridgehead atoms. The number of benzene rings is 1. The standard InChI is InChI=1S/C22H29N3O3S/c1-3-25(13-18-5-4-6-20-21(18)28-12-11-27-20)22(26)17-7-9-24(10-8-17)14-19-15-29-16(2)23-19/h4-6,15,17H,3,7-14H2,1-2H3. The molecular formula is C22H29N3O3S. The van der Waals surface area contributed by atoms with E-state index in [1.54, 1.807) is 11.3 Å². The average Bonchev–Trinajstić information content (AvgIpc) is 3.16. The number of aromatic nitrogens is 1. The predicted octanol–water partition coefficient (Wildman–Crippen LogP) is 3.48. The van der Waals surface area contributed by atoms with Crippen molar-refractivity contribution in [2.24, 2.45) is 5.92 Å². The Morgan fingerprint density at radius 2 is 2.07 bits per heavy atom. The van der Waals surface area contributed by atoms with Crippen molar-refractivity contribution in [3.63, 3.8) is 0 Å². The van der Waals surface area contributed by atoms with Crippen molar-refractivity contribution in [2.45, 2.75) is 39.8 Å². The highest BCUT2D eigenvalue weighted by molar-refractivity contribution is 7.09. The number of amides is 1. The van der Waals surface area contributed by atoms with Gasteiger partial charge in [-0.1, -0.05) is 12.1 Å². The minimum absolute atomic E-state index is 0.0973. The summed E-state index contributed by atoms with van der Waals surface area (Å²) in [6, 6.07) is 5.93. The molecule has 0 saturated carbocycles. The maximum absolute atomic E-state index is 13.2. The van der Waals surface area contributed by atoms with Crippen LogP contribution in [-0.4, -0.2) is 53.5 Å². The zero-order valence-electron chi connectivity index (χ0n) is 17.2. The third kappa shape index (κ3) is 4.73. The van der Waals surface area contributed by atoms with E-state index in [2.05, 4.69) is 15.3 Å². The quantitative estimate of drug-likeness (QED) is 0.723. The van der Waals surface area contributed by atoms with Crippen molar-refractivity contribution < 1.29 is 14.3 Å². The summed E-state index contributed by atoms with van der Waals surface area (Å²) in [6.07, 6.45) is 1.82. The number of rotatable bonds is 6. The van der Waals surface area contributed by atoms with Gasteiger partial charge in [-0.2, -0.15) is 0 Å². The highest BCUT2D eigenvalue weighted by atomic mass is 32.1. The minimum atomic E-state index is 0.0973. The summed E-state index contributed by atoms with van der Waals surface area (Å²) in [5.41, 5.74) is 2.16. The molecule has 0 unspecified atom stereocenters. The molecule has 0 atom stereocenters. The number of aryl methyl sites for hydroxylation is 1. The van der Waals surface area contributed by atoms with Gasteiger partial charge in [0.2, 0.25) is 5.91 Å². The summed E-state index contributed by atoms with van der Waals surface area (Å²) in [6.45, 7) is 9.26. The predicted molar refractivity (Wildman–Crippen MR) is 113 cm³/mol. The highest BCUT2D eigenvalue weighted by Gasteiger charge is 2.29. The molecular weight excluding hydrogens is 386 g/mol. The molecule has 2 aliphatic rings. The first-order valence-corrected chi connectivity index (χ1v) is 11.3. The van der Waals surface area contributed by atoms with Crippen LogP contribution in [0, 0.1) is 12.8 Å². The smallest absolute Gasteiger partial charge is 0.226 e. The first-order valence-electron chi connectivity index (χ1n) is 10.4. The van der Waals surface area contributed by atoms with E-state index in [9.17, 15) is 4.79 Å². The van der Waals surface area contributed by atoms with E-state index in [0.29, 0.717) is 26.3 Å². The van der Waals surface area contributed by atoms with Gasteiger partial charge in [0, 0.05) is 36.5 Å². The van der Waals surface area contributed by atoms with E-state index in [1.165, 1.54) is 0 Å². The van der Waals surface area contributed by atoms with Crippen LogP contribution in [-0.2, 0) is 17.9 Å². The van der Waals surface area contributed by atoms with Crippen LogP contribution in [0.25, 0.3) is 0 Å². The molecule has 0 spiro atoms.